The fourth-order valence-electron chi connectivity index (χ4n) is 4.15. The number of benzene rings is 2. The van der Waals surface area contributed by atoms with E-state index < -0.39 is 16.1 Å². The van der Waals surface area contributed by atoms with E-state index in [-0.39, 0.29) is 5.91 Å². The van der Waals surface area contributed by atoms with Crippen LogP contribution in [0.25, 0.3) is 0 Å². The average molecular weight is 478 g/mol. The minimum absolute atomic E-state index is 0.336. The van der Waals surface area contributed by atoms with E-state index in [0.717, 1.165) is 41.3 Å². The molecule has 8 heteroatoms. The van der Waals surface area contributed by atoms with Gasteiger partial charge < -0.3 is 5.32 Å². The highest BCUT2D eigenvalue weighted by Gasteiger charge is 2.30. The number of hydrogen-bond acceptors (Lipinski definition) is 4. The molecule has 174 valence electrons. The third kappa shape index (κ3) is 6.47. The van der Waals surface area contributed by atoms with Crippen molar-refractivity contribution in [1.29, 1.82) is 0 Å². The summed E-state index contributed by atoms with van der Waals surface area (Å²) in [5.74, 6) is -0.365. The molecule has 0 aliphatic carbocycles. The van der Waals surface area contributed by atoms with Crippen LogP contribution in [0, 0.1) is 6.92 Å². The molecule has 0 spiro atoms. The normalized spacial score (nSPS) is 15.9. The third-order valence-electron chi connectivity index (χ3n) is 5.81. The van der Waals surface area contributed by atoms with E-state index in [1.807, 2.05) is 12.1 Å². The highest BCUT2D eigenvalue weighted by Crippen LogP contribution is 2.28. The molecule has 2 aromatic carbocycles. The standard InChI is InChI=1S/C24H32ClN3O3S/c1-18-10-11-22(25)15-23(18)28(32(3,30)31)19(2)24(29)26-16-20-8-7-9-21(14-20)17-27-12-5-4-6-13-27/h7-11,14-15,19H,4-6,12-13,16-17H2,1-3H3,(H,26,29)/t19-/m1/s1. The first-order chi connectivity index (χ1) is 15.1. The van der Waals surface area contributed by atoms with E-state index in [1.165, 1.54) is 24.8 Å². The third-order valence-corrected chi connectivity index (χ3v) is 7.27. The van der Waals surface area contributed by atoms with Gasteiger partial charge in [-0.25, -0.2) is 8.42 Å². The Bertz CT molecular complexity index is 1050. The molecule has 1 saturated heterocycles. The number of hydrogen-bond donors (Lipinski definition) is 1. The van der Waals surface area contributed by atoms with E-state index in [9.17, 15) is 13.2 Å². The summed E-state index contributed by atoms with van der Waals surface area (Å²) >= 11 is 6.10. The molecule has 1 N–H and O–H groups in total. The van der Waals surface area contributed by atoms with Gasteiger partial charge in [0.25, 0.3) is 0 Å². The number of rotatable bonds is 8. The monoisotopic (exact) mass is 477 g/mol. The Morgan fingerprint density at radius 1 is 1.12 bits per heavy atom. The topological polar surface area (TPSA) is 69.7 Å². The number of piperidine rings is 1. The first-order valence-corrected chi connectivity index (χ1v) is 13.2. The Kier molecular flexibility index (Phi) is 8.20. The van der Waals surface area contributed by atoms with Gasteiger partial charge in [-0.05, 0) is 68.6 Å². The summed E-state index contributed by atoms with van der Waals surface area (Å²) < 4.78 is 26.2. The van der Waals surface area contributed by atoms with Gasteiger partial charge in [0.15, 0.2) is 0 Å². The van der Waals surface area contributed by atoms with Crippen LogP contribution < -0.4 is 9.62 Å². The number of sulfonamides is 1. The number of nitrogens with zero attached hydrogens (tertiary/aromatic N) is 2. The summed E-state index contributed by atoms with van der Waals surface area (Å²) in [5, 5.41) is 3.31. The second-order valence-electron chi connectivity index (χ2n) is 8.54. The van der Waals surface area contributed by atoms with Crippen LogP contribution in [-0.4, -0.2) is 44.6 Å². The molecule has 0 saturated carbocycles. The summed E-state index contributed by atoms with van der Waals surface area (Å²) in [6, 6.07) is 12.3. The molecule has 0 unspecified atom stereocenters. The highest BCUT2D eigenvalue weighted by atomic mass is 35.5. The lowest BCUT2D eigenvalue weighted by atomic mass is 10.1. The lowest BCUT2D eigenvalue weighted by Gasteiger charge is -2.29. The Morgan fingerprint density at radius 2 is 1.81 bits per heavy atom. The van der Waals surface area contributed by atoms with Crippen molar-refractivity contribution in [2.45, 2.75) is 52.2 Å². The largest absolute Gasteiger partial charge is 0.350 e. The Labute approximate surface area is 196 Å². The molecule has 1 amide bonds. The van der Waals surface area contributed by atoms with Crippen LogP contribution in [0.2, 0.25) is 5.02 Å². The van der Waals surface area contributed by atoms with E-state index in [4.69, 9.17) is 11.6 Å². The summed E-state index contributed by atoms with van der Waals surface area (Å²) in [5.41, 5.74) is 3.35. The lowest BCUT2D eigenvalue weighted by Crippen LogP contribution is -2.48. The maximum atomic E-state index is 12.9. The first kappa shape index (κ1) is 24.6. The minimum Gasteiger partial charge on any atom is -0.350 e. The second kappa shape index (κ2) is 10.7. The van der Waals surface area contributed by atoms with E-state index >= 15 is 0 Å². The summed E-state index contributed by atoms with van der Waals surface area (Å²) in [7, 11) is -3.70. The molecule has 3 rings (SSSR count). The summed E-state index contributed by atoms with van der Waals surface area (Å²) in [6.07, 6.45) is 4.90. The Morgan fingerprint density at radius 3 is 2.50 bits per heavy atom. The maximum absolute atomic E-state index is 12.9. The maximum Gasteiger partial charge on any atom is 0.243 e. The van der Waals surface area contributed by atoms with Gasteiger partial charge in [-0.2, -0.15) is 0 Å². The van der Waals surface area contributed by atoms with Crippen LogP contribution in [0.4, 0.5) is 5.69 Å². The second-order valence-corrected chi connectivity index (χ2v) is 10.8. The van der Waals surface area contributed by atoms with Crippen molar-refractivity contribution < 1.29 is 13.2 Å². The molecular weight excluding hydrogens is 446 g/mol. The molecule has 0 radical (unpaired) electrons. The predicted octanol–water partition coefficient (Wildman–Crippen LogP) is 4.11. The number of carbonyl (C=O) groups is 1. The molecule has 0 aromatic heterocycles. The van der Waals surface area contributed by atoms with Crippen molar-refractivity contribution in [3.63, 3.8) is 0 Å². The molecule has 1 aliphatic rings. The molecule has 1 heterocycles. The van der Waals surface area contributed by atoms with Crippen LogP contribution in [-0.2, 0) is 27.9 Å². The lowest BCUT2D eigenvalue weighted by molar-refractivity contribution is -0.122. The molecule has 32 heavy (non-hydrogen) atoms. The summed E-state index contributed by atoms with van der Waals surface area (Å²) in [6.45, 7) is 6.88. The van der Waals surface area contributed by atoms with E-state index in [2.05, 4.69) is 22.3 Å². The molecule has 2 aromatic rings. The molecule has 6 nitrogen and oxygen atoms in total. The number of likely N-dealkylation sites (tertiary alicyclic amines) is 1. The zero-order valence-electron chi connectivity index (χ0n) is 19.0. The van der Waals surface area contributed by atoms with Crippen molar-refractivity contribution in [2.24, 2.45) is 0 Å². The number of halogens is 1. The van der Waals surface area contributed by atoms with Gasteiger partial charge in [0.1, 0.15) is 6.04 Å². The van der Waals surface area contributed by atoms with Crippen LogP contribution in [0.3, 0.4) is 0 Å². The zero-order chi connectivity index (χ0) is 23.3. The minimum atomic E-state index is -3.70. The predicted molar refractivity (Wildman–Crippen MR) is 130 cm³/mol. The smallest absolute Gasteiger partial charge is 0.243 e. The van der Waals surface area contributed by atoms with Crippen LogP contribution in [0.5, 0.6) is 0 Å². The molecule has 1 fully saturated rings. The van der Waals surface area contributed by atoms with Crippen molar-refractivity contribution in [3.05, 3.63) is 64.2 Å². The van der Waals surface area contributed by atoms with Gasteiger partial charge in [-0.3, -0.25) is 14.0 Å². The van der Waals surface area contributed by atoms with Gasteiger partial charge in [0, 0.05) is 18.1 Å². The van der Waals surface area contributed by atoms with E-state index in [0.29, 0.717) is 17.3 Å². The zero-order valence-corrected chi connectivity index (χ0v) is 20.5. The van der Waals surface area contributed by atoms with Crippen LogP contribution in [0.1, 0.15) is 42.9 Å². The molecular formula is C24H32ClN3O3S. The number of nitrogens with one attached hydrogen (secondary N) is 1. The first-order valence-electron chi connectivity index (χ1n) is 11.0. The van der Waals surface area contributed by atoms with E-state index in [1.54, 1.807) is 32.0 Å². The number of anilines is 1. The summed E-state index contributed by atoms with van der Waals surface area (Å²) in [4.78, 5) is 15.4. The quantitative estimate of drug-likeness (QED) is 0.621. The van der Waals surface area contributed by atoms with Gasteiger partial charge in [-0.15, -0.1) is 0 Å². The molecule has 1 aliphatic heterocycles. The highest BCUT2D eigenvalue weighted by molar-refractivity contribution is 7.92. The van der Waals surface area contributed by atoms with Crippen molar-refractivity contribution in [2.75, 3.05) is 23.7 Å². The fourth-order valence-corrected chi connectivity index (χ4v) is 5.54. The van der Waals surface area contributed by atoms with Crippen LogP contribution in [0.15, 0.2) is 42.5 Å². The number of aryl methyl sites for hydroxylation is 1. The Balaban J connectivity index is 1.69. The van der Waals surface area contributed by atoms with Crippen molar-refractivity contribution >= 4 is 33.2 Å². The SMILES string of the molecule is Cc1ccc(Cl)cc1N([C@H](C)C(=O)NCc1cccc(CN2CCCCC2)c1)S(C)(=O)=O. The molecule has 1 atom stereocenters. The number of carbonyl (C=O) groups excluding carboxylic acids is 1. The average Bonchev–Trinajstić information content (AvgIpc) is 2.74. The van der Waals surface area contributed by atoms with Crippen molar-refractivity contribution in [3.8, 4) is 0 Å². The van der Waals surface area contributed by atoms with Crippen molar-refractivity contribution in [1.82, 2.24) is 10.2 Å². The Hall–Kier alpha value is -2.09. The van der Waals surface area contributed by atoms with Gasteiger partial charge >= 0.3 is 0 Å². The van der Waals surface area contributed by atoms with Gasteiger partial charge in [-0.1, -0.05) is 48.4 Å². The molecule has 0 bridgehead atoms. The van der Waals surface area contributed by atoms with Crippen LogP contribution >= 0.6 is 11.6 Å². The van der Waals surface area contributed by atoms with Gasteiger partial charge in [0.05, 0.1) is 11.9 Å². The van der Waals surface area contributed by atoms with Gasteiger partial charge in [0.2, 0.25) is 15.9 Å². The fraction of sp³-hybridized carbons (Fsp3) is 0.458. The number of amides is 1.